The van der Waals surface area contributed by atoms with Gasteiger partial charge in [-0.1, -0.05) is 0 Å². The standard InChI is InChI=1S/C6H9O2P/c7-5(4-9)6-2-1-3-8-6/h4,6,9H,1-3H2/t6-/m0/s1. The lowest BCUT2D eigenvalue weighted by Gasteiger charge is -2.01. The minimum Gasteiger partial charge on any atom is -0.370 e. The van der Waals surface area contributed by atoms with Crippen LogP contribution in [0.15, 0.2) is 0 Å². The molecule has 50 valence electrons. The van der Waals surface area contributed by atoms with Crippen molar-refractivity contribution in [3.8, 4) is 0 Å². The number of hydrogen-bond acceptors (Lipinski definition) is 2. The van der Waals surface area contributed by atoms with Crippen LogP contribution in [0.4, 0.5) is 0 Å². The van der Waals surface area contributed by atoms with Crippen LogP contribution in [0.3, 0.4) is 0 Å². The Balaban J connectivity index is 2.41. The lowest BCUT2D eigenvalue weighted by Crippen LogP contribution is -2.18. The van der Waals surface area contributed by atoms with Gasteiger partial charge in [-0.3, -0.25) is 4.79 Å². The smallest absolute Gasteiger partial charge is 0.188 e. The van der Waals surface area contributed by atoms with Crippen LogP contribution in [0.5, 0.6) is 0 Å². The number of rotatable bonds is 2. The van der Waals surface area contributed by atoms with Gasteiger partial charge in [0.25, 0.3) is 0 Å². The molecule has 1 atom stereocenters. The zero-order valence-electron chi connectivity index (χ0n) is 5.09. The first kappa shape index (κ1) is 6.91. The molecule has 1 aliphatic heterocycles. The molecule has 0 aromatic rings. The van der Waals surface area contributed by atoms with Gasteiger partial charge in [0.15, 0.2) is 5.78 Å². The highest BCUT2D eigenvalue weighted by Gasteiger charge is 2.20. The monoisotopic (exact) mass is 144 g/mol. The van der Waals surface area contributed by atoms with Gasteiger partial charge in [-0.05, 0) is 12.8 Å². The molecule has 3 heteroatoms. The van der Waals surface area contributed by atoms with E-state index in [9.17, 15) is 4.79 Å². The van der Waals surface area contributed by atoms with Gasteiger partial charge in [0.2, 0.25) is 0 Å². The van der Waals surface area contributed by atoms with Crippen LogP contribution in [0.1, 0.15) is 12.8 Å². The molecule has 0 spiro atoms. The van der Waals surface area contributed by atoms with E-state index in [-0.39, 0.29) is 11.9 Å². The molecular weight excluding hydrogens is 135 g/mol. The van der Waals surface area contributed by atoms with Crippen LogP contribution in [-0.4, -0.2) is 24.3 Å². The normalized spacial score (nSPS) is 26.0. The maximum Gasteiger partial charge on any atom is 0.188 e. The van der Waals surface area contributed by atoms with Crippen LogP contribution >= 0.6 is 8.86 Å². The molecule has 0 bridgehead atoms. The number of carbonyl (C=O) groups is 1. The van der Waals surface area contributed by atoms with Crippen LogP contribution in [-0.2, 0) is 9.53 Å². The van der Waals surface area contributed by atoms with E-state index in [0.29, 0.717) is 0 Å². The maximum absolute atomic E-state index is 10.8. The molecule has 1 fully saturated rings. The molecule has 0 aliphatic carbocycles. The number of hydrogen-bond donors (Lipinski definition) is 0. The highest BCUT2D eigenvalue weighted by molar-refractivity contribution is 7.22. The Kier molecular flexibility index (Phi) is 2.38. The van der Waals surface area contributed by atoms with Crippen molar-refractivity contribution >= 4 is 20.4 Å². The fraction of sp³-hybridized carbons (Fsp3) is 0.667. The predicted octanol–water partition coefficient (Wildman–Crippen LogP) is 0.679. The minimum atomic E-state index is -0.164. The lowest BCUT2D eigenvalue weighted by molar-refractivity contribution is -0.120. The second-order valence-electron chi connectivity index (χ2n) is 2.05. The van der Waals surface area contributed by atoms with Crippen LogP contribution < -0.4 is 0 Å². The maximum atomic E-state index is 10.8. The quantitative estimate of drug-likeness (QED) is 0.532. The van der Waals surface area contributed by atoms with Crippen molar-refractivity contribution < 1.29 is 9.53 Å². The molecule has 1 aliphatic rings. The van der Waals surface area contributed by atoms with E-state index in [0.717, 1.165) is 19.4 Å². The Bertz CT molecular complexity index is 127. The van der Waals surface area contributed by atoms with Gasteiger partial charge in [0.1, 0.15) is 6.10 Å². The van der Waals surface area contributed by atoms with E-state index >= 15 is 0 Å². The third-order valence-corrected chi connectivity index (χ3v) is 1.67. The Morgan fingerprint density at radius 2 is 2.56 bits per heavy atom. The first-order valence-electron chi connectivity index (χ1n) is 3.00. The third-order valence-electron chi connectivity index (χ3n) is 1.39. The molecule has 0 aromatic heterocycles. The Morgan fingerprint density at radius 1 is 1.78 bits per heavy atom. The summed E-state index contributed by atoms with van der Waals surface area (Å²) in [5, 5.41) is 0. The number of carbonyl (C=O) groups excluding carboxylic acids is 1. The fourth-order valence-electron chi connectivity index (χ4n) is 0.895. The van der Waals surface area contributed by atoms with Gasteiger partial charge < -0.3 is 4.74 Å². The number of ketones is 1. The molecule has 0 saturated carbocycles. The second kappa shape index (κ2) is 3.09. The molecule has 0 aromatic carbocycles. The topological polar surface area (TPSA) is 26.3 Å². The molecule has 9 heavy (non-hydrogen) atoms. The van der Waals surface area contributed by atoms with Crippen LogP contribution in [0, 0.1) is 0 Å². The van der Waals surface area contributed by atoms with E-state index in [2.05, 4.69) is 8.86 Å². The van der Waals surface area contributed by atoms with Gasteiger partial charge in [-0.15, -0.1) is 8.86 Å². The van der Waals surface area contributed by atoms with Gasteiger partial charge >= 0.3 is 0 Å². The van der Waals surface area contributed by atoms with Gasteiger partial charge in [-0.2, -0.15) is 0 Å². The van der Waals surface area contributed by atoms with E-state index in [4.69, 9.17) is 4.74 Å². The summed E-state index contributed by atoms with van der Waals surface area (Å²) in [6.45, 7) is 0.733. The van der Waals surface area contributed by atoms with Crippen molar-refractivity contribution in [3.05, 3.63) is 0 Å². The van der Waals surface area contributed by atoms with Gasteiger partial charge in [0, 0.05) is 12.4 Å². The summed E-state index contributed by atoms with van der Waals surface area (Å²) in [6, 6.07) is 0. The number of ether oxygens (including phenoxy) is 1. The van der Waals surface area contributed by atoms with Crippen molar-refractivity contribution in [2.24, 2.45) is 0 Å². The molecule has 1 heterocycles. The van der Waals surface area contributed by atoms with Gasteiger partial charge in [-0.25, -0.2) is 0 Å². The van der Waals surface area contributed by atoms with E-state index in [1.54, 1.807) is 0 Å². The summed E-state index contributed by atoms with van der Waals surface area (Å²) in [7, 11) is 3.02. The summed E-state index contributed by atoms with van der Waals surface area (Å²) in [6.07, 6.45) is 1.72. The van der Waals surface area contributed by atoms with E-state index < -0.39 is 0 Å². The Hall–Kier alpha value is -0.200. The SMILES string of the molecule is O=C(C=P)[C@@H]1CCCO1. The summed E-state index contributed by atoms with van der Waals surface area (Å²) >= 11 is 0. The molecule has 0 unspecified atom stereocenters. The third kappa shape index (κ3) is 1.60. The Labute approximate surface area is 56.4 Å². The highest BCUT2D eigenvalue weighted by atomic mass is 31.0. The average Bonchev–Trinajstić information content (AvgIpc) is 2.37. The summed E-state index contributed by atoms with van der Waals surface area (Å²) in [5.41, 5.74) is 0. The predicted molar refractivity (Wildman–Crippen MR) is 38.4 cm³/mol. The van der Waals surface area contributed by atoms with E-state index in [1.807, 2.05) is 0 Å². The van der Waals surface area contributed by atoms with Crippen LogP contribution in [0.25, 0.3) is 0 Å². The molecule has 1 rings (SSSR count). The van der Waals surface area contributed by atoms with Crippen molar-refractivity contribution in [1.82, 2.24) is 0 Å². The highest BCUT2D eigenvalue weighted by Crippen LogP contribution is 2.11. The second-order valence-corrected chi connectivity index (χ2v) is 2.34. The first-order valence-corrected chi connectivity index (χ1v) is 3.58. The lowest BCUT2D eigenvalue weighted by atomic mass is 10.2. The van der Waals surface area contributed by atoms with E-state index in [1.165, 1.54) is 5.80 Å². The van der Waals surface area contributed by atoms with Crippen molar-refractivity contribution in [2.45, 2.75) is 18.9 Å². The first-order chi connectivity index (χ1) is 4.34. The zero-order valence-corrected chi connectivity index (χ0v) is 6.09. The summed E-state index contributed by atoms with van der Waals surface area (Å²) < 4.78 is 5.09. The molecule has 0 amide bonds. The van der Waals surface area contributed by atoms with Gasteiger partial charge in [0.05, 0.1) is 0 Å². The van der Waals surface area contributed by atoms with Crippen molar-refractivity contribution in [2.75, 3.05) is 6.61 Å². The molecule has 0 N–H and O–H groups in total. The Morgan fingerprint density at radius 3 is 3.00 bits per heavy atom. The fourth-order valence-corrected chi connectivity index (χ4v) is 1.08. The number of Topliss-reactive ketones (excluding diaryl/α,β-unsaturated/α-hetero) is 1. The van der Waals surface area contributed by atoms with Crippen molar-refractivity contribution in [3.63, 3.8) is 0 Å². The molecular formula is C6H9O2P. The molecule has 1 saturated heterocycles. The van der Waals surface area contributed by atoms with Crippen LogP contribution in [0.2, 0.25) is 0 Å². The molecule has 0 radical (unpaired) electrons. The average molecular weight is 144 g/mol. The summed E-state index contributed by atoms with van der Waals surface area (Å²) in [5.74, 6) is 1.43. The summed E-state index contributed by atoms with van der Waals surface area (Å²) in [4.78, 5) is 10.8. The molecule has 2 nitrogen and oxygen atoms in total. The minimum absolute atomic E-state index is 0.0455. The zero-order chi connectivity index (χ0) is 6.69. The largest absolute Gasteiger partial charge is 0.370 e. The van der Waals surface area contributed by atoms with Crippen molar-refractivity contribution in [1.29, 1.82) is 0 Å².